The molecule has 0 saturated carbocycles. The molecule has 0 bridgehead atoms. The van der Waals surface area contributed by atoms with Gasteiger partial charge in [0.2, 0.25) is 10.0 Å². The molecule has 0 aliphatic carbocycles. The number of benzene rings is 2. The van der Waals surface area contributed by atoms with Gasteiger partial charge in [-0.05, 0) is 66.7 Å². The zero-order chi connectivity index (χ0) is 20.3. The van der Waals surface area contributed by atoms with Crippen molar-refractivity contribution in [1.29, 1.82) is 0 Å². The van der Waals surface area contributed by atoms with Crippen molar-refractivity contribution in [1.82, 2.24) is 24.9 Å². The van der Waals surface area contributed by atoms with Gasteiger partial charge in [-0.25, -0.2) is 22.2 Å². The van der Waals surface area contributed by atoms with Crippen LogP contribution in [0.4, 0.5) is 10.1 Å². The fourth-order valence-electron chi connectivity index (χ4n) is 2.39. The zero-order valence-electron chi connectivity index (χ0n) is 15.0. The van der Waals surface area contributed by atoms with Gasteiger partial charge in [-0.15, -0.1) is 5.10 Å². The van der Waals surface area contributed by atoms with Gasteiger partial charge < -0.3 is 5.32 Å². The van der Waals surface area contributed by atoms with Gasteiger partial charge in [-0.3, -0.25) is 4.79 Å². The van der Waals surface area contributed by atoms with Gasteiger partial charge in [-0.2, -0.15) is 0 Å². The van der Waals surface area contributed by atoms with E-state index in [9.17, 15) is 17.6 Å². The minimum absolute atomic E-state index is 0.0320. The van der Waals surface area contributed by atoms with Gasteiger partial charge in [0.15, 0.2) is 0 Å². The molecule has 0 saturated heterocycles. The highest BCUT2D eigenvalue weighted by atomic mass is 32.2. The Balaban J connectivity index is 1.79. The fourth-order valence-corrected chi connectivity index (χ4v) is 3.64. The van der Waals surface area contributed by atoms with Crippen molar-refractivity contribution in [3.05, 3.63) is 60.2 Å². The molecule has 9 nitrogen and oxygen atoms in total. The quantitative estimate of drug-likeness (QED) is 0.646. The number of nitrogens with zero attached hydrogens (tertiary/aromatic N) is 4. The van der Waals surface area contributed by atoms with Crippen molar-refractivity contribution in [2.24, 2.45) is 0 Å². The third-order valence-corrected chi connectivity index (χ3v) is 5.30. The van der Waals surface area contributed by atoms with Crippen LogP contribution in [0, 0.1) is 5.82 Å². The minimum Gasteiger partial charge on any atom is -0.319 e. The van der Waals surface area contributed by atoms with E-state index in [0.29, 0.717) is 5.69 Å². The number of nitrogens with one attached hydrogen (secondary N) is 2. The van der Waals surface area contributed by atoms with E-state index in [2.05, 4.69) is 25.6 Å². The molecule has 1 aromatic heterocycles. The van der Waals surface area contributed by atoms with Crippen LogP contribution >= 0.6 is 0 Å². The van der Waals surface area contributed by atoms with Crippen LogP contribution in [0.15, 0.2) is 53.7 Å². The highest BCUT2D eigenvalue weighted by Crippen LogP contribution is 2.20. The number of sulfonamides is 1. The van der Waals surface area contributed by atoms with Crippen molar-refractivity contribution in [2.75, 3.05) is 5.32 Å². The number of halogens is 1. The normalized spacial score (nSPS) is 11.6. The van der Waals surface area contributed by atoms with E-state index in [1.807, 2.05) is 0 Å². The Hall–Kier alpha value is -3.18. The van der Waals surface area contributed by atoms with Crippen molar-refractivity contribution >= 4 is 21.6 Å². The summed E-state index contributed by atoms with van der Waals surface area (Å²) in [4.78, 5) is 12.4. The Labute approximate surface area is 160 Å². The summed E-state index contributed by atoms with van der Waals surface area (Å²) in [5.74, 6) is -1.22. The average molecular weight is 404 g/mol. The first-order valence-corrected chi connectivity index (χ1v) is 9.71. The molecule has 2 aromatic carbocycles. The third kappa shape index (κ3) is 4.38. The number of rotatable bonds is 6. The molecule has 28 heavy (non-hydrogen) atoms. The number of carbonyl (C=O) groups is 1. The second-order valence-electron chi connectivity index (χ2n) is 6.17. The van der Waals surface area contributed by atoms with Crippen LogP contribution in [-0.2, 0) is 10.0 Å². The van der Waals surface area contributed by atoms with Crippen molar-refractivity contribution < 1.29 is 17.6 Å². The Morgan fingerprint density at radius 1 is 1.14 bits per heavy atom. The molecule has 1 heterocycles. The van der Waals surface area contributed by atoms with Crippen LogP contribution < -0.4 is 10.0 Å². The number of tetrazole rings is 1. The maximum atomic E-state index is 14.1. The Kier molecular flexibility index (Phi) is 5.47. The summed E-state index contributed by atoms with van der Waals surface area (Å²) in [7, 11) is -3.66. The number of hydrogen-bond acceptors (Lipinski definition) is 6. The maximum Gasteiger partial charge on any atom is 0.255 e. The van der Waals surface area contributed by atoms with Crippen LogP contribution in [0.3, 0.4) is 0 Å². The highest BCUT2D eigenvalue weighted by molar-refractivity contribution is 7.89. The van der Waals surface area contributed by atoms with Gasteiger partial charge in [0, 0.05) is 11.6 Å². The SMILES string of the molecule is CC(C)NS(=O)(=O)c1ccc(C(=O)Nc2cc(-n3cnnn3)ccc2F)cc1. The Bertz CT molecular complexity index is 1080. The summed E-state index contributed by atoms with van der Waals surface area (Å²) in [6.07, 6.45) is 1.34. The predicted molar refractivity (Wildman–Crippen MR) is 99.0 cm³/mol. The molecule has 0 fully saturated rings. The number of amides is 1. The second kappa shape index (κ2) is 7.82. The third-order valence-electron chi connectivity index (χ3n) is 3.63. The summed E-state index contributed by atoms with van der Waals surface area (Å²) in [5.41, 5.74) is 0.579. The van der Waals surface area contributed by atoms with Gasteiger partial charge in [0.25, 0.3) is 5.91 Å². The molecular formula is C17H17FN6O3S. The number of anilines is 1. The zero-order valence-corrected chi connectivity index (χ0v) is 15.8. The van der Waals surface area contributed by atoms with E-state index >= 15 is 0 Å². The van der Waals surface area contributed by atoms with Crippen LogP contribution in [-0.4, -0.2) is 40.6 Å². The van der Waals surface area contributed by atoms with Crippen LogP contribution in [0.1, 0.15) is 24.2 Å². The van der Waals surface area contributed by atoms with Crippen molar-refractivity contribution in [2.45, 2.75) is 24.8 Å². The molecule has 2 N–H and O–H groups in total. The van der Waals surface area contributed by atoms with Crippen molar-refractivity contribution in [3.63, 3.8) is 0 Å². The standard InChI is InChI=1S/C17H17FN6O3S/c1-11(2)21-28(26,27)14-6-3-12(4-7-14)17(25)20-16-9-13(5-8-15(16)18)24-10-19-22-23-24/h3-11,21H,1-2H3,(H,20,25). The largest absolute Gasteiger partial charge is 0.319 e. The molecule has 146 valence electrons. The average Bonchev–Trinajstić information content (AvgIpc) is 3.17. The first-order chi connectivity index (χ1) is 13.3. The number of hydrogen-bond donors (Lipinski definition) is 2. The van der Waals surface area contributed by atoms with E-state index in [4.69, 9.17) is 0 Å². The van der Waals surface area contributed by atoms with Crippen LogP contribution in [0.2, 0.25) is 0 Å². The first-order valence-electron chi connectivity index (χ1n) is 8.23. The molecule has 0 unspecified atom stereocenters. The Morgan fingerprint density at radius 3 is 2.46 bits per heavy atom. The van der Waals surface area contributed by atoms with E-state index in [1.165, 1.54) is 53.5 Å². The van der Waals surface area contributed by atoms with Gasteiger partial charge in [0.1, 0.15) is 12.1 Å². The summed E-state index contributed by atoms with van der Waals surface area (Å²) >= 11 is 0. The smallest absolute Gasteiger partial charge is 0.255 e. The summed E-state index contributed by atoms with van der Waals surface area (Å²) in [6.45, 7) is 3.41. The molecule has 0 aliphatic heterocycles. The molecule has 0 radical (unpaired) electrons. The summed E-state index contributed by atoms with van der Waals surface area (Å²) in [6, 6.07) is 9.10. The molecule has 3 rings (SSSR count). The molecular weight excluding hydrogens is 387 g/mol. The highest BCUT2D eigenvalue weighted by Gasteiger charge is 2.17. The minimum atomic E-state index is -3.66. The van der Waals surface area contributed by atoms with Gasteiger partial charge >= 0.3 is 0 Å². The lowest BCUT2D eigenvalue weighted by atomic mass is 10.2. The van der Waals surface area contributed by atoms with E-state index in [0.717, 1.165) is 0 Å². The van der Waals surface area contributed by atoms with Crippen molar-refractivity contribution in [3.8, 4) is 5.69 Å². The Morgan fingerprint density at radius 2 is 1.86 bits per heavy atom. The number of carbonyl (C=O) groups excluding carboxylic acids is 1. The molecule has 0 aliphatic rings. The summed E-state index contributed by atoms with van der Waals surface area (Å²) < 4.78 is 42.1. The van der Waals surface area contributed by atoms with E-state index in [1.54, 1.807) is 13.8 Å². The van der Waals surface area contributed by atoms with Gasteiger partial charge in [0.05, 0.1) is 16.3 Å². The second-order valence-corrected chi connectivity index (χ2v) is 7.89. The van der Waals surface area contributed by atoms with Crippen LogP contribution in [0.25, 0.3) is 5.69 Å². The fraction of sp³-hybridized carbons (Fsp3) is 0.176. The predicted octanol–water partition coefficient (Wildman–Crippen LogP) is 1.74. The first kappa shape index (κ1) is 19.6. The monoisotopic (exact) mass is 404 g/mol. The van der Waals surface area contributed by atoms with E-state index in [-0.39, 0.29) is 22.2 Å². The molecule has 3 aromatic rings. The van der Waals surface area contributed by atoms with Crippen LogP contribution in [0.5, 0.6) is 0 Å². The molecule has 0 atom stereocenters. The maximum absolute atomic E-state index is 14.1. The molecule has 11 heteroatoms. The lowest BCUT2D eigenvalue weighted by molar-refractivity contribution is 0.102. The lowest BCUT2D eigenvalue weighted by Crippen LogP contribution is -2.30. The molecule has 1 amide bonds. The van der Waals surface area contributed by atoms with Gasteiger partial charge in [-0.1, -0.05) is 0 Å². The number of aromatic nitrogens is 4. The summed E-state index contributed by atoms with van der Waals surface area (Å²) in [5, 5.41) is 13.2. The molecule has 0 spiro atoms. The lowest BCUT2D eigenvalue weighted by Gasteiger charge is -2.11. The van der Waals surface area contributed by atoms with E-state index < -0.39 is 21.7 Å². The topological polar surface area (TPSA) is 119 Å².